The lowest BCUT2D eigenvalue weighted by Gasteiger charge is -2.37. The standard InChI is InChI=1S/C13H18BrN3O/c1-9-8-17(6-5-16(9)2)13(18)11-7-10(14)3-4-12(11)15/h3-4,7,9H,5-6,8,15H2,1-2H3. The molecule has 5 heteroatoms. The molecule has 1 aromatic rings. The monoisotopic (exact) mass is 311 g/mol. The fraction of sp³-hybridized carbons (Fsp3) is 0.462. The third kappa shape index (κ3) is 2.67. The van der Waals surface area contributed by atoms with E-state index >= 15 is 0 Å². The summed E-state index contributed by atoms with van der Waals surface area (Å²) in [6.07, 6.45) is 0. The van der Waals surface area contributed by atoms with Crippen molar-refractivity contribution < 1.29 is 4.79 Å². The first-order valence-electron chi connectivity index (χ1n) is 6.03. The van der Waals surface area contributed by atoms with Crippen molar-refractivity contribution in [1.29, 1.82) is 0 Å². The second-order valence-corrected chi connectivity index (χ2v) is 5.73. The normalized spacial score (nSPS) is 21.1. The molecule has 0 saturated carbocycles. The molecule has 1 unspecified atom stereocenters. The average Bonchev–Trinajstić information content (AvgIpc) is 2.35. The van der Waals surface area contributed by atoms with Crippen LogP contribution in [0.3, 0.4) is 0 Å². The van der Waals surface area contributed by atoms with E-state index in [0.717, 1.165) is 24.1 Å². The van der Waals surface area contributed by atoms with Crippen LogP contribution in [0.5, 0.6) is 0 Å². The Morgan fingerprint density at radius 2 is 2.17 bits per heavy atom. The number of nitrogens with zero attached hydrogens (tertiary/aromatic N) is 2. The molecule has 1 heterocycles. The van der Waals surface area contributed by atoms with Gasteiger partial charge in [-0.05, 0) is 32.2 Å². The lowest BCUT2D eigenvalue weighted by Crippen LogP contribution is -2.52. The molecule has 18 heavy (non-hydrogen) atoms. The van der Waals surface area contributed by atoms with Gasteiger partial charge in [-0.25, -0.2) is 0 Å². The summed E-state index contributed by atoms with van der Waals surface area (Å²) in [7, 11) is 2.08. The number of carbonyl (C=O) groups is 1. The number of carbonyl (C=O) groups excluding carboxylic acids is 1. The van der Waals surface area contributed by atoms with Crippen LogP contribution >= 0.6 is 15.9 Å². The largest absolute Gasteiger partial charge is 0.398 e. The van der Waals surface area contributed by atoms with E-state index in [1.807, 2.05) is 11.0 Å². The molecule has 2 N–H and O–H groups in total. The van der Waals surface area contributed by atoms with Crippen molar-refractivity contribution in [1.82, 2.24) is 9.80 Å². The van der Waals surface area contributed by atoms with E-state index in [1.54, 1.807) is 12.1 Å². The fourth-order valence-corrected chi connectivity index (χ4v) is 2.48. The summed E-state index contributed by atoms with van der Waals surface area (Å²) >= 11 is 3.38. The Morgan fingerprint density at radius 3 is 2.83 bits per heavy atom. The molecule has 0 aromatic heterocycles. The topological polar surface area (TPSA) is 49.6 Å². The number of anilines is 1. The zero-order valence-corrected chi connectivity index (χ0v) is 12.3. The van der Waals surface area contributed by atoms with E-state index in [-0.39, 0.29) is 5.91 Å². The minimum atomic E-state index is 0.0220. The lowest BCUT2D eigenvalue weighted by molar-refractivity contribution is 0.0573. The van der Waals surface area contributed by atoms with Crippen molar-refractivity contribution in [2.24, 2.45) is 0 Å². The van der Waals surface area contributed by atoms with Crippen molar-refractivity contribution in [3.63, 3.8) is 0 Å². The summed E-state index contributed by atoms with van der Waals surface area (Å²) in [5.74, 6) is 0.0220. The SMILES string of the molecule is CC1CN(C(=O)c2cc(Br)ccc2N)CCN1C. The van der Waals surface area contributed by atoms with Crippen LogP contribution in [-0.2, 0) is 0 Å². The van der Waals surface area contributed by atoms with Gasteiger partial charge in [-0.3, -0.25) is 4.79 Å². The van der Waals surface area contributed by atoms with Gasteiger partial charge in [-0.15, -0.1) is 0 Å². The van der Waals surface area contributed by atoms with Crippen molar-refractivity contribution in [2.75, 3.05) is 32.4 Å². The molecule has 1 amide bonds. The molecule has 1 aliphatic heterocycles. The number of nitrogen functional groups attached to an aromatic ring is 1. The molecule has 1 fully saturated rings. The predicted octanol–water partition coefficient (Wildman–Crippen LogP) is 1.81. The van der Waals surface area contributed by atoms with Crippen molar-refractivity contribution in [3.8, 4) is 0 Å². The molecule has 4 nitrogen and oxygen atoms in total. The highest BCUT2D eigenvalue weighted by Crippen LogP contribution is 2.21. The number of benzene rings is 1. The number of rotatable bonds is 1. The van der Waals surface area contributed by atoms with Gasteiger partial charge in [0.1, 0.15) is 0 Å². The number of piperazine rings is 1. The van der Waals surface area contributed by atoms with Crippen LogP contribution in [-0.4, -0.2) is 48.4 Å². The second-order valence-electron chi connectivity index (χ2n) is 4.81. The maximum atomic E-state index is 12.4. The molecule has 2 rings (SSSR count). The van der Waals surface area contributed by atoms with E-state index in [1.165, 1.54) is 0 Å². The molecule has 0 bridgehead atoms. The van der Waals surface area contributed by atoms with Crippen LogP contribution in [0.15, 0.2) is 22.7 Å². The Bertz CT molecular complexity index is 464. The van der Waals surface area contributed by atoms with Crippen LogP contribution in [0.4, 0.5) is 5.69 Å². The Kier molecular flexibility index (Phi) is 3.92. The zero-order chi connectivity index (χ0) is 13.3. The third-order valence-corrected chi connectivity index (χ3v) is 3.99. The number of likely N-dealkylation sites (N-methyl/N-ethyl adjacent to an activating group) is 1. The van der Waals surface area contributed by atoms with Crippen LogP contribution in [0.2, 0.25) is 0 Å². The summed E-state index contributed by atoms with van der Waals surface area (Å²) in [5.41, 5.74) is 7.00. The van der Waals surface area contributed by atoms with Gasteiger partial charge in [0.25, 0.3) is 5.91 Å². The molecule has 1 atom stereocenters. The van der Waals surface area contributed by atoms with Gasteiger partial charge in [0.2, 0.25) is 0 Å². The summed E-state index contributed by atoms with van der Waals surface area (Å²) in [4.78, 5) is 16.6. The van der Waals surface area contributed by atoms with Crippen LogP contribution in [0.1, 0.15) is 17.3 Å². The van der Waals surface area contributed by atoms with Gasteiger partial charge in [-0.1, -0.05) is 15.9 Å². The van der Waals surface area contributed by atoms with Crippen LogP contribution in [0, 0.1) is 0 Å². The first kappa shape index (κ1) is 13.4. The van der Waals surface area contributed by atoms with Crippen molar-refractivity contribution in [2.45, 2.75) is 13.0 Å². The molecule has 0 spiro atoms. The molecular formula is C13H18BrN3O. The Hall–Kier alpha value is -1.07. The quantitative estimate of drug-likeness (QED) is 0.805. The number of hydrogen-bond acceptors (Lipinski definition) is 3. The minimum Gasteiger partial charge on any atom is -0.398 e. The van der Waals surface area contributed by atoms with Gasteiger partial charge >= 0.3 is 0 Å². The number of halogens is 1. The zero-order valence-electron chi connectivity index (χ0n) is 10.7. The second kappa shape index (κ2) is 5.28. The highest BCUT2D eigenvalue weighted by atomic mass is 79.9. The number of hydrogen-bond donors (Lipinski definition) is 1. The highest BCUT2D eigenvalue weighted by molar-refractivity contribution is 9.10. The van der Waals surface area contributed by atoms with E-state index in [2.05, 4.69) is 34.8 Å². The maximum absolute atomic E-state index is 12.4. The van der Waals surface area contributed by atoms with Gasteiger partial charge in [0, 0.05) is 35.8 Å². The Morgan fingerprint density at radius 1 is 1.44 bits per heavy atom. The number of amides is 1. The molecule has 0 radical (unpaired) electrons. The van der Waals surface area contributed by atoms with E-state index in [4.69, 9.17) is 5.73 Å². The first-order valence-corrected chi connectivity index (χ1v) is 6.83. The van der Waals surface area contributed by atoms with E-state index in [0.29, 0.717) is 17.3 Å². The van der Waals surface area contributed by atoms with Gasteiger partial charge in [-0.2, -0.15) is 0 Å². The maximum Gasteiger partial charge on any atom is 0.256 e. The van der Waals surface area contributed by atoms with E-state index in [9.17, 15) is 4.79 Å². The summed E-state index contributed by atoms with van der Waals surface area (Å²) < 4.78 is 0.877. The van der Waals surface area contributed by atoms with Crippen LogP contribution < -0.4 is 5.73 Å². The molecule has 1 aromatic carbocycles. The highest BCUT2D eigenvalue weighted by Gasteiger charge is 2.26. The van der Waals surface area contributed by atoms with Gasteiger partial charge < -0.3 is 15.5 Å². The van der Waals surface area contributed by atoms with E-state index < -0.39 is 0 Å². The molecule has 98 valence electrons. The smallest absolute Gasteiger partial charge is 0.256 e. The average molecular weight is 312 g/mol. The molecule has 1 saturated heterocycles. The lowest BCUT2D eigenvalue weighted by atomic mass is 10.1. The third-order valence-electron chi connectivity index (χ3n) is 3.49. The predicted molar refractivity (Wildman–Crippen MR) is 76.5 cm³/mol. The molecule has 1 aliphatic rings. The Balaban J connectivity index is 2.19. The summed E-state index contributed by atoms with van der Waals surface area (Å²) in [6.45, 7) is 4.54. The first-order chi connectivity index (χ1) is 8.49. The number of nitrogens with two attached hydrogens (primary N) is 1. The molecular weight excluding hydrogens is 294 g/mol. The van der Waals surface area contributed by atoms with Gasteiger partial charge in [0.05, 0.1) is 5.56 Å². The summed E-state index contributed by atoms with van der Waals surface area (Å²) in [5, 5.41) is 0. The fourth-order valence-electron chi connectivity index (χ4n) is 2.12. The summed E-state index contributed by atoms with van der Waals surface area (Å²) in [6, 6.07) is 5.78. The van der Waals surface area contributed by atoms with Crippen molar-refractivity contribution in [3.05, 3.63) is 28.2 Å². The minimum absolute atomic E-state index is 0.0220. The van der Waals surface area contributed by atoms with Crippen LogP contribution in [0.25, 0.3) is 0 Å². The molecule has 0 aliphatic carbocycles. The van der Waals surface area contributed by atoms with Crippen molar-refractivity contribution >= 4 is 27.5 Å². The Labute approximate surface area is 116 Å². The van der Waals surface area contributed by atoms with Gasteiger partial charge in [0.15, 0.2) is 0 Å².